The van der Waals surface area contributed by atoms with Crippen LogP contribution in [0.2, 0.25) is 10.0 Å². The lowest BCUT2D eigenvalue weighted by atomic mass is 9.96. The van der Waals surface area contributed by atoms with E-state index in [1.165, 1.54) is 0 Å². The van der Waals surface area contributed by atoms with Crippen LogP contribution in [0.1, 0.15) is 31.9 Å². The molecule has 2 aromatic carbocycles. The Hall–Kier alpha value is -2.43. The first-order valence-electron chi connectivity index (χ1n) is 9.84. The second kappa shape index (κ2) is 9.15. The van der Waals surface area contributed by atoms with Crippen LogP contribution >= 0.6 is 23.2 Å². The molecule has 1 amide bonds. The van der Waals surface area contributed by atoms with Gasteiger partial charge in [-0.05, 0) is 51.5 Å². The second-order valence-corrected chi connectivity index (χ2v) is 7.91. The number of nitrogens with zero attached hydrogens (tertiary/aromatic N) is 1. The van der Waals surface area contributed by atoms with Crippen molar-refractivity contribution in [2.75, 3.05) is 20.2 Å². The molecule has 3 rings (SSSR count). The lowest BCUT2D eigenvalue weighted by Crippen LogP contribution is -2.28. The van der Waals surface area contributed by atoms with Gasteiger partial charge in [0.15, 0.2) is 0 Å². The molecule has 0 unspecified atom stereocenters. The van der Waals surface area contributed by atoms with Crippen molar-refractivity contribution in [1.29, 1.82) is 0 Å². The first-order chi connectivity index (χ1) is 14.3. The Kier molecular flexibility index (Phi) is 6.79. The third-order valence-electron chi connectivity index (χ3n) is 5.31. The third kappa shape index (κ3) is 4.07. The number of methoxy groups -OCH3 is 1. The highest BCUT2D eigenvalue weighted by molar-refractivity contribution is 6.36. The molecule has 0 aliphatic carbocycles. The molecular weight excluding hydrogens is 421 g/mol. The molecule has 158 valence electrons. The van der Waals surface area contributed by atoms with Crippen molar-refractivity contribution in [3.8, 4) is 16.9 Å². The van der Waals surface area contributed by atoms with Crippen LogP contribution in [0.25, 0.3) is 27.7 Å². The average Bonchev–Trinajstić information content (AvgIpc) is 3.13. The molecule has 0 bridgehead atoms. The molecule has 1 heterocycles. The standard InChI is InChI=1S/C24H25Cl2NO3/c1-6-27(7-2)22(28)10-14(3)18-12-19-20(17-9-8-16(25)11-21(17)26)13-30-24(19)15(4)23(18)29-5/h8-13H,6-7H2,1-5H3/b14-10+. The Balaban J connectivity index is 2.21. The highest BCUT2D eigenvalue weighted by atomic mass is 35.5. The first kappa shape index (κ1) is 22.3. The summed E-state index contributed by atoms with van der Waals surface area (Å²) in [5, 5.41) is 2.02. The van der Waals surface area contributed by atoms with Crippen LogP contribution in [0.5, 0.6) is 5.75 Å². The molecule has 30 heavy (non-hydrogen) atoms. The van der Waals surface area contributed by atoms with E-state index in [1.807, 2.05) is 39.8 Å². The normalized spacial score (nSPS) is 11.8. The molecule has 0 spiro atoms. The summed E-state index contributed by atoms with van der Waals surface area (Å²) in [6.45, 7) is 9.12. The van der Waals surface area contributed by atoms with E-state index in [0.717, 1.165) is 38.8 Å². The summed E-state index contributed by atoms with van der Waals surface area (Å²) < 4.78 is 11.6. The quantitative estimate of drug-likeness (QED) is 0.383. The van der Waals surface area contributed by atoms with Crippen LogP contribution in [0.4, 0.5) is 0 Å². The summed E-state index contributed by atoms with van der Waals surface area (Å²) in [6, 6.07) is 7.38. The molecule has 0 aliphatic heterocycles. The molecule has 4 nitrogen and oxygen atoms in total. The number of aryl methyl sites for hydroxylation is 1. The van der Waals surface area contributed by atoms with Gasteiger partial charge in [-0.2, -0.15) is 0 Å². The summed E-state index contributed by atoms with van der Waals surface area (Å²) >= 11 is 12.5. The van der Waals surface area contributed by atoms with Crippen LogP contribution in [0.15, 0.2) is 41.0 Å². The summed E-state index contributed by atoms with van der Waals surface area (Å²) in [7, 11) is 1.62. The van der Waals surface area contributed by atoms with Crippen molar-refractivity contribution in [3.63, 3.8) is 0 Å². The second-order valence-electron chi connectivity index (χ2n) is 7.07. The fourth-order valence-corrected chi connectivity index (χ4v) is 4.19. The highest BCUT2D eigenvalue weighted by Gasteiger charge is 2.20. The molecule has 0 aliphatic rings. The fraction of sp³-hybridized carbons (Fsp3) is 0.292. The molecule has 3 aromatic rings. The molecule has 0 saturated heterocycles. The highest BCUT2D eigenvalue weighted by Crippen LogP contribution is 2.42. The summed E-state index contributed by atoms with van der Waals surface area (Å²) in [4.78, 5) is 14.4. The Morgan fingerprint density at radius 3 is 2.47 bits per heavy atom. The van der Waals surface area contributed by atoms with Crippen LogP contribution in [0, 0.1) is 6.92 Å². The largest absolute Gasteiger partial charge is 0.496 e. The number of likely N-dealkylation sites (N-methyl/N-ethyl adjacent to an activating group) is 1. The Labute approximate surface area is 187 Å². The number of hydrogen-bond acceptors (Lipinski definition) is 3. The molecule has 0 radical (unpaired) electrons. The van der Waals surface area contributed by atoms with Gasteiger partial charge in [0.2, 0.25) is 5.91 Å². The Morgan fingerprint density at radius 2 is 1.87 bits per heavy atom. The van der Waals surface area contributed by atoms with Crippen LogP contribution in [0.3, 0.4) is 0 Å². The van der Waals surface area contributed by atoms with E-state index in [0.29, 0.717) is 28.9 Å². The number of carbonyl (C=O) groups is 1. The van der Waals surface area contributed by atoms with Crippen molar-refractivity contribution in [2.24, 2.45) is 0 Å². The Bertz CT molecular complexity index is 1130. The van der Waals surface area contributed by atoms with E-state index in [1.54, 1.807) is 36.5 Å². The van der Waals surface area contributed by atoms with Crippen LogP contribution < -0.4 is 4.74 Å². The van der Waals surface area contributed by atoms with E-state index in [-0.39, 0.29) is 5.91 Å². The van der Waals surface area contributed by atoms with Gasteiger partial charge < -0.3 is 14.1 Å². The maximum Gasteiger partial charge on any atom is 0.246 e. The van der Waals surface area contributed by atoms with Crippen LogP contribution in [-0.4, -0.2) is 31.0 Å². The van der Waals surface area contributed by atoms with Gasteiger partial charge in [0.1, 0.15) is 11.3 Å². The minimum atomic E-state index is -0.0227. The van der Waals surface area contributed by atoms with Crippen LogP contribution in [-0.2, 0) is 4.79 Å². The van der Waals surface area contributed by atoms with Crippen molar-refractivity contribution >= 4 is 45.7 Å². The van der Waals surface area contributed by atoms with Gasteiger partial charge in [0.05, 0.1) is 18.4 Å². The first-order valence-corrected chi connectivity index (χ1v) is 10.6. The molecule has 0 atom stereocenters. The van der Waals surface area contributed by atoms with E-state index >= 15 is 0 Å². The maximum atomic E-state index is 12.6. The van der Waals surface area contributed by atoms with E-state index in [4.69, 9.17) is 32.4 Å². The maximum absolute atomic E-state index is 12.6. The monoisotopic (exact) mass is 445 g/mol. The van der Waals surface area contributed by atoms with E-state index < -0.39 is 0 Å². The predicted molar refractivity (Wildman–Crippen MR) is 125 cm³/mol. The van der Waals surface area contributed by atoms with Gasteiger partial charge in [-0.3, -0.25) is 4.79 Å². The average molecular weight is 446 g/mol. The minimum absolute atomic E-state index is 0.0227. The summed E-state index contributed by atoms with van der Waals surface area (Å²) in [5.41, 5.74) is 4.94. The van der Waals surface area contributed by atoms with Crippen molar-refractivity contribution < 1.29 is 13.9 Å². The summed E-state index contributed by atoms with van der Waals surface area (Å²) in [6.07, 6.45) is 3.35. The van der Waals surface area contributed by atoms with Crippen molar-refractivity contribution in [2.45, 2.75) is 27.7 Å². The van der Waals surface area contributed by atoms with Gasteiger partial charge in [-0.1, -0.05) is 29.3 Å². The molecule has 0 N–H and O–H groups in total. The summed E-state index contributed by atoms with van der Waals surface area (Å²) in [5.74, 6) is 0.664. The van der Waals surface area contributed by atoms with E-state index in [9.17, 15) is 4.79 Å². The topological polar surface area (TPSA) is 42.7 Å². The smallest absolute Gasteiger partial charge is 0.246 e. The number of benzene rings is 2. The number of allylic oxidation sites excluding steroid dienone is 1. The molecular formula is C24H25Cl2NO3. The molecule has 1 aromatic heterocycles. The van der Waals surface area contributed by atoms with E-state index in [2.05, 4.69) is 0 Å². The predicted octanol–water partition coefficient (Wildman–Crippen LogP) is 7.00. The third-order valence-corrected chi connectivity index (χ3v) is 5.86. The fourth-order valence-electron chi connectivity index (χ4n) is 3.68. The number of furan rings is 1. The number of rotatable bonds is 6. The number of fused-ring (bicyclic) bond motifs is 1. The number of amides is 1. The minimum Gasteiger partial charge on any atom is -0.496 e. The Morgan fingerprint density at radius 1 is 1.17 bits per heavy atom. The zero-order valence-corrected chi connectivity index (χ0v) is 19.3. The lowest BCUT2D eigenvalue weighted by molar-refractivity contribution is -0.125. The van der Waals surface area contributed by atoms with Crippen molar-refractivity contribution in [3.05, 3.63) is 57.8 Å². The zero-order chi connectivity index (χ0) is 22.0. The van der Waals surface area contributed by atoms with Gasteiger partial charge >= 0.3 is 0 Å². The van der Waals surface area contributed by atoms with Gasteiger partial charge in [0.25, 0.3) is 0 Å². The molecule has 0 saturated carbocycles. The van der Waals surface area contributed by atoms with Gasteiger partial charge in [-0.25, -0.2) is 0 Å². The van der Waals surface area contributed by atoms with Gasteiger partial charge in [-0.15, -0.1) is 0 Å². The lowest BCUT2D eigenvalue weighted by Gasteiger charge is -2.18. The number of ether oxygens (including phenoxy) is 1. The molecule has 0 fully saturated rings. The zero-order valence-electron chi connectivity index (χ0n) is 17.8. The van der Waals surface area contributed by atoms with Crippen molar-refractivity contribution in [1.82, 2.24) is 4.90 Å². The van der Waals surface area contributed by atoms with Gasteiger partial charge in [0, 0.05) is 51.8 Å². The number of halogens is 2. The SMILES string of the molecule is CCN(CC)C(=O)/C=C(\C)c1cc2c(-c3ccc(Cl)cc3Cl)coc2c(C)c1OC. The number of hydrogen-bond donors (Lipinski definition) is 0. The number of carbonyl (C=O) groups excluding carboxylic acids is 1. The molecule has 6 heteroatoms.